The predicted octanol–water partition coefficient (Wildman–Crippen LogP) is 6.01. The number of likely N-dealkylation sites (tertiary alicyclic amines) is 1. The topological polar surface area (TPSA) is 108 Å². The van der Waals surface area contributed by atoms with Crippen LogP contribution in [0.15, 0.2) is 54.1 Å². The Balaban J connectivity index is 1.23. The van der Waals surface area contributed by atoms with E-state index in [4.69, 9.17) is 9.47 Å². The van der Waals surface area contributed by atoms with Crippen LogP contribution in [0.4, 0.5) is 0 Å². The number of H-pyrrole nitrogens is 2. The number of hydrogen-bond acceptors (Lipinski definition) is 6. The molecule has 2 aliphatic carbocycles. The van der Waals surface area contributed by atoms with Crippen molar-refractivity contribution >= 4 is 39.7 Å². The van der Waals surface area contributed by atoms with Crippen LogP contribution < -0.4 is 0 Å². The fourth-order valence-corrected chi connectivity index (χ4v) is 11.6. The molecule has 0 radical (unpaired) electrons. The van der Waals surface area contributed by atoms with Crippen molar-refractivity contribution < 1.29 is 23.9 Å². The Hall–Kier alpha value is -4.37. The van der Waals surface area contributed by atoms with E-state index < -0.39 is 5.41 Å². The van der Waals surface area contributed by atoms with Crippen molar-refractivity contribution in [1.29, 1.82) is 0 Å². The van der Waals surface area contributed by atoms with E-state index in [0.717, 1.165) is 59.9 Å². The number of amides is 1. The van der Waals surface area contributed by atoms with Crippen LogP contribution in [0.25, 0.3) is 21.8 Å². The van der Waals surface area contributed by atoms with Crippen molar-refractivity contribution in [2.45, 2.75) is 75.8 Å². The maximum atomic E-state index is 14.1. The number of aromatic amines is 2. The molecule has 4 fully saturated rings. The lowest BCUT2D eigenvalue weighted by atomic mass is 9.56. The minimum absolute atomic E-state index is 0.00536. The number of likely N-dealkylation sites (N-methyl/N-ethyl adjacent to an activating group) is 1. The maximum absolute atomic E-state index is 14.1. The summed E-state index contributed by atoms with van der Waals surface area (Å²) in [7, 11) is 5.13. The molecule has 2 aromatic carbocycles. The number of piperidine rings is 3. The highest BCUT2D eigenvalue weighted by molar-refractivity contribution is 5.95. The van der Waals surface area contributed by atoms with Crippen LogP contribution in [-0.2, 0) is 42.1 Å². The molecule has 2 aromatic heterocycles. The zero-order valence-electron chi connectivity index (χ0n) is 30.3. The molecule has 51 heavy (non-hydrogen) atoms. The number of carbonyl (C=O) groups is 3. The summed E-state index contributed by atoms with van der Waals surface area (Å²) in [5, 5.41) is 2.31. The average Bonchev–Trinajstić information content (AvgIpc) is 3.66. The molecule has 1 amide bonds. The summed E-state index contributed by atoms with van der Waals surface area (Å²) in [6, 6.07) is 15.1. The molecule has 4 aromatic rings. The Kier molecular flexibility index (Phi) is 7.55. The van der Waals surface area contributed by atoms with Crippen LogP contribution >= 0.6 is 0 Å². The number of nitrogens with zero attached hydrogens (tertiary/aromatic N) is 2. The first-order valence-corrected chi connectivity index (χ1v) is 18.8. The van der Waals surface area contributed by atoms with Gasteiger partial charge in [-0.25, -0.2) is 0 Å². The standard InChI is InChI=1S/C42H48N4O5/c1-6-22-16-25-20-42(41(49)51-5)37-28(14-15-46(38(22)42)39(25)47)27-13-12-24(17-33(27)44-37)30-18-29-23(7-2)21-45(3)34(35(29)40(48)50-4)19-31-26-10-8-9-11-32(26)43-36(30)31/h7-13,17,22,25,29-30,34-35,38,43-44H,6,14-16,18-21H2,1-5H3/b23-7-/t22-,25+,29-,30+,34-,35-,38-,42+/m0/s1. The Morgan fingerprint density at radius 2 is 1.82 bits per heavy atom. The first kappa shape index (κ1) is 32.5. The first-order valence-electron chi connectivity index (χ1n) is 18.8. The van der Waals surface area contributed by atoms with Gasteiger partial charge < -0.3 is 24.3 Å². The van der Waals surface area contributed by atoms with Gasteiger partial charge in [0.1, 0.15) is 5.41 Å². The van der Waals surface area contributed by atoms with Crippen LogP contribution in [0.1, 0.15) is 73.5 Å². The number of nitrogens with one attached hydrogen (secondary N) is 2. The number of hydrogen-bond donors (Lipinski definition) is 2. The zero-order valence-corrected chi connectivity index (χ0v) is 30.3. The van der Waals surface area contributed by atoms with Crippen molar-refractivity contribution in [2.24, 2.45) is 23.7 Å². The van der Waals surface area contributed by atoms with Gasteiger partial charge in [-0.2, -0.15) is 0 Å². The van der Waals surface area contributed by atoms with Gasteiger partial charge in [0.15, 0.2) is 0 Å². The second-order valence-electron chi connectivity index (χ2n) is 15.8. The largest absolute Gasteiger partial charge is 0.469 e. The summed E-state index contributed by atoms with van der Waals surface area (Å²) < 4.78 is 11.1. The maximum Gasteiger partial charge on any atom is 0.319 e. The van der Waals surface area contributed by atoms with E-state index in [1.54, 1.807) is 0 Å². The molecule has 3 saturated heterocycles. The molecule has 10 rings (SSSR count). The van der Waals surface area contributed by atoms with Crippen molar-refractivity contribution in [2.75, 3.05) is 34.4 Å². The lowest BCUT2D eigenvalue weighted by Crippen LogP contribution is -2.69. The molecule has 2 N–H and O–H groups in total. The third kappa shape index (κ3) is 4.46. The van der Waals surface area contributed by atoms with Crippen LogP contribution in [0, 0.1) is 23.7 Å². The van der Waals surface area contributed by atoms with Crippen molar-refractivity contribution in [3.05, 3.63) is 82.2 Å². The van der Waals surface area contributed by atoms with E-state index in [1.807, 2.05) is 4.90 Å². The van der Waals surface area contributed by atoms with E-state index in [1.165, 1.54) is 42.0 Å². The molecule has 0 unspecified atom stereocenters. The lowest BCUT2D eigenvalue weighted by molar-refractivity contribution is -0.172. The van der Waals surface area contributed by atoms with E-state index in [2.05, 4.69) is 84.3 Å². The van der Waals surface area contributed by atoms with Crippen molar-refractivity contribution in [1.82, 2.24) is 19.8 Å². The number of rotatable bonds is 4. The monoisotopic (exact) mass is 688 g/mol. The number of para-hydroxylation sites is 1. The normalized spacial score (nSPS) is 32.3. The molecule has 6 heterocycles. The minimum atomic E-state index is -0.917. The second kappa shape index (κ2) is 11.8. The average molecular weight is 689 g/mol. The third-order valence-electron chi connectivity index (χ3n) is 13.8. The highest BCUT2D eigenvalue weighted by Gasteiger charge is 2.65. The number of allylic oxidation sites excluding steroid dienone is 1. The van der Waals surface area contributed by atoms with Crippen LogP contribution in [0.2, 0.25) is 0 Å². The molecule has 0 spiro atoms. The van der Waals surface area contributed by atoms with Gasteiger partial charge in [0, 0.05) is 64.2 Å². The summed E-state index contributed by atoms with van der Waals surface area (Å²) in [6.07, 6.45) is 6.64. The van der Waals surface area contributed by atoms with E-state index >= 15 is 0 Å². The molecular formula is C42H48N4O5. The lowest BCUT2D eigenvalue weighted by Gasteiger charge is -2.57. The van der Waals surface area contributed by atoms with Gasteiger partial charge in [-0.15, -0.1) is 0 Å². The SMILES string of the molecule is C/C=C1/CN(C)[C@H]2Cc3c([nH]c4ccccc34)[C@@H](c3ccc4c5c([nH]c4c3)[C@]3(C(=O)OC)C[C@H]4C[C@H](CC)[C@@H]3N(CC5)C4=O)C[C@@H]1[C@@H]2C(=O)OC. The predicted molar refractivity (Wildman–Crippen MR) is 195 cm³/mol. The zero-order chi connectivity index (χ0) is 35.3. The van der Waals surface area contributed by atoms with Gasteiger partial charge in [0.25, 0.3) is 0 Å². The molecule has 6 bridgehead atoms. The number of esters is 2. The van der Waals surface area contributed by atoms with E-state index in [9.17, 15) is 14.4 Å². The number of carbonyl (C=O) groups excluding carboxylic acids is 3. The van der Waals surface area contributed by atoms with Gasteiger partial charge in [-0.3, -0.25) is 19.3 Å². The van der Waals surface area contributed by atoms with E-state index in [-0.39, 0.29) is 59.5 Å². The highest BCUT2D eigenvalue weighted by Crippen LogP contribution is 2.56. The fourth-order valence-electron chi connectivity index (χ4n) is 11.6. The molecule has 266 valence electrons. The van der Waals surface area contributed by atoms with Crippen LogP contribution in [-0.4, -0.2) is 84.1 Å². The van der Waals surface area contributed by atoms with Crippen molar-refractivity contribution in [3.63, 3.8) is 0 Å². The molecule has 6 aliphatic rings. The molecule has 4 aliphatic heterocycles. The van der Waals surface area contributed by atoms with Crippen LogP contribution in [0.5, 0.6) is 0 Å². The van der Waals surface area contributed by atoms with Gasteiger partial charge in [-0.1, -0.05) is 55.3 Å². The summed E-state index contributed by atoms with van der Waals surface area (Å²) in [4.78, 5) is 53.5. The molecule has 1 saturated carbocycles. The third-order valence-corrected chi connectivity index (χ3v) is 13.8. The number of benzene rings is 2. The van der Waals surface area contributed by atoms with Crippen molar-refractivity contribution in [3.8, 4) is 0 Å². The van der Waals surface area contributed by atoms with E-state index in [0.29, 0.717) is 19.4 Å². The molecule has 9 nitrogen and oxygen atoms in total. The first-order chi connectivity index (χ1) is 24.7. The Labute approximate surface area is 298 Å². The van der Waals surface area contributed by atoms with Gasteiger partial charge in [-0.05, 0) is 86.7 Å². The highest BCUT2D eigenvalue weighted by atomic mass is 16.5. The smallest absolute Gasteiger partial charge is 0.319 e. The number of aromatic nitrogens is 2. The molecule has 9 heteroatoms. The van der Waals surface area contributed by atoms with Gasteiger partial charge >= 0.3 is 11.9 Å². The summed E-state index contributed by atoms with van der Waals surface area (Å²) in [6.45, 7) is 5.69. The summed E-state index contributed by atoms with van der Waals surface area (Å²) in [5.41, 5.74) is 8.19. The summed E-state index contributed by atoms with van der Waals surface area (Å²) in [5.74, 6) is -0.386. The molecule has 8 atom stereocenters. The number of fused-ring (bicyclic) bond motifs is 9. The van der Waals surface area contributed by atoms with Gasteiger partial charge in [0.05, 0.1) is 26.2 Å². The molecular weight excluding hydrogens is 640 g/mol. The second-order valence-corrected chi connectivity index (χ2v) is 15.8. The number of methoxy groups -OCH3 is 2. The number of ether oxygens (including phenoxy) is 2. The quantitative estimate of drug-likeness (QED) is 0.201. The Morgan fingerprint density at radius 3 is 2.59 bits per heavy atom. The minimum Gasteiger partial charge on any atom is -0.469 e. The fraction of sp³-hybridized carbons (Fsp3) is 0.500. The Bertz CT molecular complexity index is 2130. The Morgan fingerprint density at radius 1 is 1.02 bits per heavy atom. The summed E-state index contributed by atoms with van der Waals surface area (Å²) >= 11 is 0. The van der Waals surface area contributed by atoms with Gasteiger partial charge in [0.2, 0.25) is 5.91 Å². The van der Waals surface area contributed by atoms with Crippen LogP contribution in [0.3, 0.4) is 0 Å².